The number of pyridine rings is 2. The van der Waals surface area contributed by atoms with Crippen LogP contribution in [0.4, 0.5) is 18.9 Å². The first-order valence-electron chi connectivity index (χ1n) is 7.48. The molecule has 1 N–H and O–H groups in total. The van der Waals surface area contributed by atoms with Gasteiger partial charge >= 0.3 is 6.61 Å². The molecule has 0 spiro atoms. The third kappa shape index (κ3) is 4.04. The van der Waals surface area contributed by atoms with Crippen LogP contribution in [-0.4, -0.2) is 32.1 Å². The summed E-state index contributed by atoms with van der Waals surface area (Å²) in [4.78, 5) is 7.30. The molecule has 0 amide bonds. The number of rotatable bonds is 6. The second kappa shape index (κ2) is 7.68. The number of sulfonamides is 1. The molecule has 0 unspecified atom stereocenters. The van der Waals surface area contributed by atoms with E-state index in [1.54, 1.807) is 6.07 Å². The Kier molecular flexibility index (Phi) is 5.47. The van der Waals surface area contributed by atoms with E-state index in [0.29, 0.717) is 11.6 Å². The van der Waals surface area contributed by atoms with Crippen LogP contribution in [0.25, 0.3) is 10.9 Å². The maximum Gasteiger partial charge on any atom is 0.388 e. The number of alkyl halides is 2. The van der Waals surface area contributed by atoms with E-state index in [-0.39, 0.29) is 15.4 Å². The van der Waals surface area contributed by atoms with Crippen molar-refractivity contribution in [2.45, 2.75) is 11.5 Å². The first-order valence-corrected chi connectivity index (χ1v) is 9.35. The predicted octanol–water partition coefficient (Wildman–Crippen LogP) is 3.83. The number of nitrogens with one attached hydrogen (secondary N) is 1. The standard InChI is InChI=1S/C16H11ClF3N3O4S/c1-26-15-11(7-9(18)14(22-15)27-16(19)20)23-28(24,25)12-4-2-3-10-8(12)5-6-13(17)21-10/h2-7,16,23H,1H3. The van der Waals surface area contributed by atoms with E-state index in [1.807, 2.05) is 0 Å². The van der Waals surface area contributed by atoms with E-state index in [1.165, 1.54) is 24.3 Å². The van der Waals surface area contributed by atoms with Crippen LogP contribution < -0.4 is 14.2 Å². The lowest BCUT2D eigenvalue weighted by Crippen LogP contribution is -2.15. The summed E-state index contributed by atoms with van der Waals surface area (Å²) >= 11 is 5.81. The monoisotopic (exact) mass is 433 g/mol. The molecule has 28 heavy (non-hydrogen) atoms. The Morgan fingerprint density at radius 3 is 2.57 bits per heavy atom. The van der Waals surface area contributed by atoms with Crippen molar-refractivity contribution in [3.8, 4) is 11.8 Å². The van der Waals surface area contributed by atoms with Crippen molar-refractivity contribution in [2.24, 2.45) is 0 Å². The molecule has 148 valence electrons. The minimum atomic E-state index is -4.25. The molecule has 1 aromatic carbocycles. The molecule has 2 aromatic heterocycles. The molecular weight excluding hydrogens is 423 g/mol. The molecule has 0 fully saturated rings. The van der Waals surface area contributed by atoms with Gasteiger partial charge in [-0.05, 0) is 24.3 Å². The highest BCUT2D eigenvalue weighted by Gasteiger charge is 2.23. The van der Waals surface area contributed by atoms with Crippen LogP contribution in [0.2, 0.25) is 5.15 Å². The summed E-state index contributed by atoms with van der Waals surface area (Å²) in [6.45, 7) is -3.32. The molecule has 3 aromatic rings. The highest BCUT2D eigenvalue weighted by atomic mass is 35.5. The van der Waals surface area contributed by atoms with Gasteiger partial charge in [-0.15, -0.1) is 0 Å². The van der Waals surface area contributed by atoms with Crippen molar-refractivity contribution in [3.05, 3.63) is 47.4 Å². The number of anilines is 1. The quantitative estimate of drug-likeness (QED) is 0.594. The molecule has 0 atom stereocenters. The molecule has 0 radical (unpaired) electrons. The van der Waals surface area contributed by atoms with E-state index in [0.717, 1.165) is 7.11 Å². The minimum Gasteiger partial charge on any atom is -0.479 e. The van der Waals surface area contributed by atoms with Gasteiger partial charge in [0.2, 0.25) is 5.88 Å². The van der Waals surface area contributed by atoms with Gasteiger partial charge in [0, 0.05) is 11.5 Å². The molecule has 0 aliphatic carbocycles. The molecule has 7 nitrogen and oxygen atoms in total. The van der Waals surface area contributed by atoms with E-state index < -0.39 is 39.9 Å². The second-order valence-electron chi connectivity index (χ2n) is 5.27. The smallest absolute Gasteiger partial charge is 0.388 e. The van der Waals surface area contributed by atoms with Gasteiger partial charge in [0.1, 0.15) is 10.8 Å². The lowest BCUT2D eigenvalue weighted by molar-refractivity contribution is -0.0555. The van der Waals surface area contributed by atoms with Gasteiger partial charge in [0.25, 0.3) is 15.9 Å². The number of nitrogens with zero attached hydrogens (tertiary/aromatic N) is 2. The first kappa shape index (κ1) is 20.0. The second-order valence-corrected chi connectivity index (χ2v) is 7.31. The van der Waals surface area contributed by atoms with Crippen LogP contribution in [0, 0.1) is 5.82 Å². The number of ether oxygens (including phenoxy) is 2. The highest BCUT2D eigenvalue weighted by molar-refractivity contribution is 7.93. The summed E-state index contributed by atoms with van der Waals surface area (Å²) in [7, 11) is -3.14. The Hall–Kier alpha value is -2.79. The van der Waals surface area contributed by atoms with Crippen LogP contribution >= 0.6 is 11.6 Å². The fourth-order valence-electron chi connectivity index (χ4n) is 2.39. The number of fused-ring (bicyclic) bond motifs is 1. The maximum atomic E-state index is 14.0. The Morgan fingerprint density at radius 1 is 1.14 bits per heavy atom. The number of hydrogen-bond acceptors (Lipinski definition) is 6. The number of benzene rings is 1. The highest BCUT2D eigenvalue weighted by Crippen LogP contribution is 2.32. The Morgan fingerprint density at radius 2 is 1.89 bits per heavy atom. The molecule has 0 aliphatic rings. The van der Waals surface area contributed by atoms with Gasteiger partial charge in [-0.1, -0.05) is 17.7 Å². The fraction of sp³-hybridized carbons (Fsp3) is 0.125. The lowest BCUT2D eigenvalue weighted by Gasteiger charge is -2.14. The van der Waals surface area contributed by atoms with Crippen molar-refractivity contribution >= 4 is 38.2 Å². The largest absolute Gasteiger partial charge is 0.479 e. The summed E-state index contributed by atoms with van der Waals surface area (Å²) in [6, 6.07) is 7.84. The lowest BCUT2D eigenvalue weighted by atomic mass is 10.2. The summed E-state index contributed by atoms with van der Waals surface area (Å²) < 4.78 is 75.1. The van der Waals surface area contributed by atoms with Gasteiger partial charge in [-0.2, -0.15) is 13.8 Å². The number of hydrogen-bond donors (Lipinski definition) is 1. The van der Waals surface area contributed by atoms with E-state index in [2.05, 4.69) is 19.4 Å². The Labute approximate surface area is 162 Å². The number of halogens is 4. The summed E-state index contributed by atoms with van der Waals surface area (Å²) in [5, 5.41) is 0.446. The predicted molar refractivity (Wildman–Crippen MR) is 94.9 cm³/mol. The van der Waals surface area contributed by atoms with Crippen molar-refractivity contribution in [2.75, 3.05) is 11.8 Å². The van der Waals surface area contributed by atoms with Gasteiger partial charge < -0.3 is 9.47 Å². The van der Waals surface area contributed by atoms with Crippen LogP contribution in [0.15, 0.2) is 41.3 Å². The average Bonchev–Trinajstić information content (AvgIpc) is 2.62. The third-order valence-electron chi connectivity index (χ3n) is 3.49. The fourth-order valence-corrected chi connectivity index (χ4v) is 3.81. The number of aromatic nitrogens is 2. The van der Waals surface area contributed by atoms with Gasteiger partial charge in [0.05, 0.1) is 17.5 Å². The van der Waals surface area contributed by atoms with Crippen LogP contribution in [0.5, 0.6) is 11.8 Å². The number of methoxy groups -OCH3 is 1. The topological polar surface area (TPSA) is 90.4 Å². The van der Waals surface area contributed by atoms with E-state index in [4.69, 9.17) is 16.3 Å². The Bertz CT molecular complexity index is 1150. The molecule has 3 rings (SSSR count). The van der Waals surface area contributed by atoms with Crippen molar-refractivity contribution < 1.29 is 31.1 Å². The van der Waals surface area contributed by atoms with E-state index >= 15 is 0 Å². The molecule has 0 saturated heterocycles. The zero-order valence-corrected chi connectivity index (χ0v) is 15.6. The zero-order valence-electron chi connectivity index (χ0n) is 14.0. The zero-order chi connectivity index (χ0) is 20.5. The molecule has 0 saturated carbocycles. The molecule has 12 heteroatoms. The van der Waals surface area contributed by atoms with Crippen molar-refractivity contribution in [1.82, 2.24) is 9.97 Å². The van der Waals surface area contributed by atoms with E-state index in [9.17, 15) is 21.6 Å². The van der Waals surface area contributed by atoms with Crippen molar-refractivity contribution in [3.63, 3.8) is 0 Å². The normalized spacial score (nSPS) is 11.6. The van der Waals surface area contributed by atoms with Crippen LogP contribution in [0.1, 0.15) is 0 Å². The molecule has 0 aliphatic heterocycles. The maximum absolute atomic E-state index is 14.0. The van der Waals surface area contributed by atoms with Crippen LogP contribution in [-0.2, 0) is 10.0 Å². The van der Waals surface area contributed by atoms with Gasteiger partial charge in [-0.25, -0.2) is 17.8 Å². The Balaban J connectivity index is 2.05. The first-order chi connectivity index (χ1) is 13.2. The molecular formula is C16H11ClF3N3O4S. The summed E-state index contributed by atoms with van der Waals surface area (Å²) in [5.41, 5.74) is -0.0760. The van der Waals surface area contributed by atoms with Crippen LogP contribution in [0.3, 0.4) is 0 Å². The minimum absolute atomic E-state index is 0.162. The average molecular weight is 434 g/mol. The molecule has 0 bridgehead atoms. The third-order valence-corrected chi connectivity index (χ3v) is 5.13. The van der Waals surface area contributed by atoms with Crippen molar-refractivity contribution in [1.29, 1.82) is 0 Å². The SMILES string of the molecule is COc1nc(OC(F)F)c(F)cc1NS(=O)(=O)c1cccc2nc(Cl)ccc12. The van der Waals surface area contributed by atoms with Gasteiger partial charge in [0.15, 0.2) is 5.82 Å². The van der Waals surface area contributed by atoms with Gasteiger partial charge in [-0.3, -0.25) is 4.72 Å². The molecule has 2 heterocycles. The summed E-state index contributed by atoms with van der Waals surface area (Å²) in [5.74, 6) is -2.79. The summed E-state index contributed by atoms with van der Waals surface area (Å²) in [6.07, 6.45) is 0.